The monoisotopic (exact) mass is 573 g/mol. The molecule has 13 nitrogen and oxygen atoms in total. The van der Waals surface area contributed by atoms with Crippen LogP contribution in [0.5, 0.6) is 0 Å². The van der Waals surface area contributed by atoms with E-state index in [9.17, 15) is 14.4 Å². The number of amides is 3. The van der Waals surface area contributed by atoms with Gasteiger partial charge in [0.05, 0.1) is 0 Å². The first-order valence-electron chi connectivity index (χ1n) is 12.8. The van der Waals surface area contributed by atoms with E-state index < -0.39 is 17.6 Å². The Labute approximate surface area is 237 Å². The summed E-state index contributed by atoms with van der Waals surface area (Å²) in [6, 6.07) is 9.94. The summed E-state index contributed by atoms with van der Waals surface area (Å²) in [5, 5.41) is 4.83. The fourth-order valence-electron chi connectivity index (χ4n) is 4.30. The van der Waals surface area contributed by atoms with Crippen LogP contribution in [0.2, 0.25) is 5.15 Å². The lowest BCUT2D eigenvalue weighted by atomic mass is 9.73. The first-order chi connectivity index (χ1) is 18.8. The van der Waals surface area contributed by atoms with Gasteiger partial charge in [0.25, 0.3) is 5.91 Å². The van der Waals surface area contributed by atoms with E-state index in [2.05, 4.69) is 25.6 Å². The highest BCUT2D eigenvalue weighted by Gasteiger charge is 2.36. The Bertz CT molecular complexity index is 1260. The largest absolute Gasteiger partial charge is 0.444 e. The van der Waals surface area contributed by atoms with Crippen molar-refractivity contribution >= 4 is 47.1 Å². The molecule has 3 amide bonds. The number of anilines is 2. The molecule has 0 radical (unpaired) electrons. The predicted octanol–water partition coefficient (Wildman–Crippen LogP) is 1.72. The van der Waals surface area contributed by atoms with Gasteiger partial charge in [-0.2, -0.15) is 0 Å². The SMILES string of the molecule is CC(C)(C)OC(=O)NCC(=O)N1CCC(CN=C(N)NC(=O)c2nc(Cl)c(N)nc2N)(Cc2ccccc2)CC1. The first-order valence-corrected chi connectivity index (χ1v) is 13.1. The molecule has 0 bridgehead atoms. The van der Waals surface area contributed by atoms with Crippen LogP contribution in [0.4, 0.5) is 16.4 Å². The summed E-state index contributed by atoms with van der Waals surface area (Å²) >= 11 is 5.87. The normalized spacial score (nSPS) is 15.3. The number of alkyl carbamates (subject to hydrolysis) is 1. The number of nitrogens with one attached hydrogen (secondary N) is 2. The van der Waals surface area contributed by atoms with E-state index in [1.807, 2.05) is 30.3 Å². The minimum Gasteiger partial charge on any atom is -0.444 e. The number of halogens is 1. The molecule has 1 aromatic carbocycles. The van der Waals surface area contributed by atoms with E-state index in [1.54, 1.807) is 25.7 Å². The van der Waals surface area contributed by atoms with Gasteiger partial charge >= 0.3 is 6.09 Å². The zero-order valence-electron chi connectivity index (χ0n) is 22.9. The number of likely N-dealkylation sites (tertiary alicyclic amines) is 1. The van der Waals surface area contributed by atoms with Crippen molar-refractivity contribution in [3.63, 3.8) is 0 Å². The lowest BCUT2D eigenvalue weighted by Crippen LogP contribution is -2.49. The molecule has 0 aliphatic carbocycles. The van der Waals surface area contributed by atoms with E-state index >= 15 is 0 Å². The van der Waals surface area contributed by atoms with Crippen LogP contribution in [-0.2, 0) is 16.0 Å². The average Bonchev–Trinajstić information content (AvgIpc) is 2.88. The maximum absolute atomic E-state index is 12.8. The van der Waals surface area contributed by atoms with Crippen molar-refractivity contribution in [2.75, 3.05) is 37.6 Å². The number of piperidine rings is 1. The third kappa shape index (κ3) is 8.70. The molecular formula is C26H36ClN9O4. The fraction of sp³-hybridized carbons (Fsp3) is 0.462. The Morgan fingerprint density at radius 2 is 1.75 bits per heavy atom. The van der Waals surface area contributed by atoms with Gasteiger partial charge in [-0.1, -0.05) is 41.9 Å². The number of aliphatic imine (C=N–C) groups is 1. The van der Waals surface area contributed by atoms with Crippen molar-refractivity contribution in [1.82, 2.24) is 25.5 Å². The first kappa shape index (κ1) is 30.4. The number of nitrogens with two attached hydrogens (primary N) is 3. The van der Waals surface area contributed by atoms with Crippen LogP contribution < -0.4 is 27.8 Å². The maximum atomic E-state index is 12.8. The summed E-state index contributed by atoms with van der Waals surface area (Å²) < 4.78 is 5.20. The number of carbonyl (C=O) groups excluding carboxylic acids is 3. The molecule has 2 heterocycles. The number of rotatable bonds is 7. The molecule has 0 spiro atoms. The Kier molecular flexibility index (Phi) is 9.74. The number of nitrogen functional groups attached to an aromatic ring is 2. The van der Waals surface area contributed by atoms with Crippen molar-refractivity contribution in [3.05, 3.63) is 46.7 Å². The minimum absolute atomic E-state index is 0.0920. The second kappa shape index (κ2) is 12.8. The molecule has 40 heavy (non-hydrogen) atoms. The molecular weight excluding hydrogens is 538 g/mol. The van der Waals surface area contributed by atoms with E-state index in [0.29, 0.717) is 38.9 Å². The van der Waals surface area contributed by atoms with Gasteiger partial charge in [0.2, 0.25) is 5.91 Å². The third-order valence-corrected chi connectivity index (χ3v) is 6.61. The smallest absolute Gasteiger partial charge is 0.408 e. The highest BCUT2D eigenvalue weighted by Crippen LogP contribution is 2.36. The van der Waals surface area contributed by atoms with Crippen LogP contribution in [0, 0.1) is 5.41 Å². The quantitative estimate of drug-likeness (QED) is 0.241. The lowest BCUT2D eigenvalue weighted by molar-refractivity contribution is -0.132. The lowest BCUT2D eigenvalue weighted by Gasteiger charge is -2.41. The number of benzene rings is 1. The number of hydrogen-bond donors (Lipinski definition) is 5. The number of hydrogen-bond acceptors (Lipinski definition) is 9. The summed E-state index contributed by atoms with van der Waals surface area (Å²) in [7, 11) is 0. The topological polar surface area (TPSA) is 204 Å². The zero-order chi connectivity index (χ0) is 29.5. The number of ether oxygens (including phenoxy) is 1. The van der Waals surface area contributed by atoms with Gasteiger partial charge in [-0.3, -0.25) is 19.9 Å². The number of nitrogens with zero attached hydrogens (tertiary/aromatic N) is 4. The van der Waals surface area contributed by atoms with E-state index in [0.717, 1.165) is 5.56 Å². The Morgan fingerprint density at radius 3 is 2.38 bits per heavy atom. The van der Waals surface area contributed by atoms with Crippen molar-refractivity contribution < 1.29 is 19.1 Å². The summed E-state index contributed by atoms with van der Waals surface area (Å²) in [6.07, 6.45) is 1.33. The van der Waals surface area contributed by atoms with Gasteiger partial charge < -0.3 is 32.2 Å². The van der Waals surface area contributed by atoms with E-state index in [1.165, 1.54) is 0 Å². The predicted molar refractivity (Wildman–Crippen MR) is 152 cm³/mol. The molecule has 3 rings (SSSR count). The molecule has 2 aromatic rings. The van der Waals surface area contributed by atoms with Crippen LogP contribution in [0.15, 0.2) is 35.3 Å². The molecule has 1 aromatic heterocycles. The van der Waals surface area contributed by atoms with Gasteiger partial charge in [0.15, 0.2) is 28.4 Å². The zero-order valence-corrected chi connectivity index (χ0v) is 23.6. The number of guanidine groups is 1. The summed E-state index contributed by atoms with van der Waals surface area (Å²) in [5.74, 6) is -1.32. The van der Waals surface area contributed by atoms with E-state index in [-0.39, 0.29) is 46.3 Å². The van der Waals surface area contributed by atoms with E-state index in [4.69, 9.17) is 33.5 Å². The molecule has 0 unspecified atom stereocenters. The highest BCUT2D eigenvalue weighted by molar-refractivity contribution is 6.31. The molecule has 1 aliphatic heterocycles. The third-order valence-electron chi connectivity index (χ3n) is 6.33. The number of carbonyl (C=O) groups is 3. The standard InChI is InChI=1S/C26H36ClN9O4/c1-25(2,3)40-24(39)31-14-17(37)36-11-9-26(10-12-36,13-16-7-5-4-6-8-16)15-32-23(30)35-22(38)18-20(28)34-21(29)19(27)33-18/h4-8H,9-15H2,1-3H3,(H,31,39)(H4,28,29,34)(H3,30,32,35,38). The summed E-state index contributed by atoms with van der Waals surface area (Å²) in [5.41, 5.74) is 17.3. The van der Waals surface area contributed by atoms with Crippen LogP contribution in [0.25, 0.3) is 0 Å². The second-order valence-electron chi connectivity index (χ2n) is 10.7. The average molecular weight is 574 g/mol. The Hall–Kier alpha value is -4.13. The second-order valence-corrected chi connectivity index (χ2v) is 11.0. The molecule has 14 heteroatoms. The van der Waals surface area contributed by atoms with Gasteiger partial charge in [-0.15, -0.1) is 0 Å². The number of aromatic nitrogens is 2. The highest BCUT2D eigenvalue weighted by atomic mass is 35.5. The van der Waals surface area contributed by atoms with Crippen LogP contribution in [0.1, 0.15) is 49.7 Å². The van der Waals surface area contributed by atoms with Crippen molar-refractivity contribution in [3.8, 4) is 0 Å². The van der Waals surface area contributed by atoms with Crippen LogP contribution >= 0.6 is 11.6 Å². The summed E-state index contributed by atoms with van der Waals surface area (Å²) in [4.78, 5) is 51.1. The molecule has 1 aliphatic rings. The van der Waals surface area contributed by atoms with Gasteiger partial charge in [0.1, 0.15) is 12.1 Å². The fourth-order valence-corrected chi connectivity index (χ4v) is 4.43. The van der Waals surface area contributed by atoms with Gasteiger partial charge in [0, 0.05) is 19.6 Å². The molecule has 1 fully saturated rings. The Morgan fingerprint density at radius 1 is 1.10 bits per heavy atom. The van der Waals surface area contributed by atoms with Crippen molar-refractivity contribution in [2.45, 2.75) is 45.6 Å². The van der Waals surface area contributed by atoms with Crippen molar-refractivity contribution in [1.29, 1.82) is 0 Å². The van der Waals surface area contributed by atoms with Crippen LogP contribution in [-0.4, -0.2) is 70.5 Å². The maximum Gasteiger partial charge on any atom is 0.408 e. The van der Waals surface area contributed by atoms with Crippen LogP contribution in [0.3, 0.4) is 0 Å². The van der Waals surface area contributed by atoms with Gasteiger partial charge in [-0.25, -0.2) is 14.8 Å². The van der Waals surface area contributed by atoms with Crippen molar-refractivity contribution in [2.24, 2.45) is 16.1 Å². The molecule has 0 saturated carbocycles. The molecule has 8 N–H and O–H groups in total. The molecule has 216 valence electrons. The minimum atomic E-state index is -0.719. The molecule has 1 saturated heterocycles. The Balaban J connectivity index is 1.66. The van der Waals surface area contributed by atoms with Gasteiger partial charge in [-0.05, 0) is 51.0 Å². The molecule has 0 atom stereocenters. The summed E-state index contributed by atoms with van der Waals surface area (Å²) in [6.45, 7) is 6.35.